The molecule has 130 valence electrons. The quantitative estimate of drug-likeness (QED) is 0.514. The molecule has 1 unspecified atom stereocenters. The summed E-state index contributed by atoms with van der Waals surface area (Å²) in [6.07, 6.45) is 3.91. The molecule has 1 aromatic rings. The molecule has 2 amide bonds. The zero-order valence-corrected chi connectivity index (χ0v) is 15.7. The highest BCUT2D eigenvalue weighted by atomic mass is 35.5. The van der Waals surface area contributed by atoms with Crippen LogP contribution in [-0.2, 0) is 11.3 Å². The monoisotopic (exact) mass is 359 g/mol. The summed E-state index contributed by atoms with van der Waals surface area (Å²) in [7, 11) is 0. The Hall–Kier alpha value is -1.14. The normalized spacial score (nSPS) is 12.0. The second kappa shape index (κ2) is 10.6. The number of carbonyl (C=O) groups is 2. The Morgan fingerprint density at radius 1 is 1.35 bits per heavy atom. The van der Waals surface area contributed by atoms with Crippen LogP contribution in [0.15, 0.2) is 5.38 Å². The summed E-state index contributed by atoms with van der Waals surface area (Å²) in [5.41, 5.74) is 0.419. The SMILES string of the molecule is CCCCNC(=O)c1csc(CN(CCCC)C(=O)C(C)Cl)n1. The molecule has 1 aromatic heterocycles. The molecule has 1 atom stereocenters. The van der Waals surface area contributed by atoms with E-state index in [0.29, 0.717) is 25.3 Å². The number of nitrogens with one attached hydrogen (secondary N) is 1. The summed E-state index contributed by atoms with van der Waals surface area (Å²) in [6, 6.07) is 0. The predicted molar refractivity (Wildman–Crippen MR) is 95.0 cm³/mol. The van der Waals surface area contributed by atoms with Crippen molar-refractivity contribution in [3.63, 3.8) is 0 Å². The number of halogens is 1. The zero-order valence-electron chi connectivity index (χ0n) is 14.1. The first kappa shape index (κ1) is 19.9. The molecule has 0 aliphatic carbocycles. The number of amides is 2. The second-order valence-electron chi connectivity index (χ2n) is 5.47. The Bertz CT molecular complexity index is 505. The molecule has 0 saturated carbocycles. The van der Waals surface area contributed by atoms with Crippen molar-refractivity contribution < 1.29 is 9.59 Å². The molecule has 0 radical (unpaired) electrons. The first-order valence-corrected chi connectivity index (χ1v) is 9.46. The van der Waals surface area contributed by atoms with Crippen LogP contribution < -0.4 is 5.32 Å². The highest BCUT2D eigenvalue weighted by Crippen LogP contribution is 2.15. The Labute approximate surface area is 147 Å². The van der Waals surface area contributed by atoms with E-state index in [-0.39, 0.29) is 11.8 Å². The van der Waals surface area contributed by atoms with E-state index < -0.39 is 5.38 Å². The molecule has 0 aliphatic heterocycles. The highest BCUT2D eigenvalue weighted by molar-refractivity contribution is 7.09. The highest BCUT2D eigenvalue weighted by Gasteiger charge is 2.20. The Kier molecular flexibility index (Phi) is 9.17. The van der Waals surface area contributed by atoms with Gasteiger partial charge in [0, 0.05) is 18.5 Å². The molecule has 1 N–H and O–H groups in total. The Morgan fingerprint density at radius 2 is 2.04 bits per heavy atom. The maximum Gasteiger partial charge on any atom is 0.270 e. The van der Waals surface area contributed by atoms with Gasteiger partial charge in [0.15, 0.2) is 0 Å². The summed E-state index contributed by atoms with van der Waals surface area (Å²) in [4.78, 5) is 30.2. The fraction of sp³-hybridized carbons (Fsp3) is 0.688. The van der Waals surface area contributed by atoms with Crippen LogP contribution in [0, 0.1) is 0 Å². The standard InChI is InChI=1S/C16H26ClN3O2S/c1-4-6-8-18-15(21)13-11-23-14(19-13)10-20(9-7-5-2)16(22)12(3)17/h11-12H,4-10H2,1-3H3,(H,18,21). The molecular formula is C16H26ClN3O2S. The fourth-order valence-electron chi connectivity index (χ4n) is 1.99. The molecule has 0 fully saturated rings. The number of rotatable bonds is 10. The Morgan fingerprint density at radius 3 is 2.65 bits per heavy atom. The first-order valence-electron chi connectivity index (χ1n) is 8.15. The van der Waals surface area contributed by atoms with Crippen LogP contribution in [-0.4, -0.2) is 40.2 Å². The summed E-state index contributed by atoms with van der Waals surface area (Å²) >= 11 is 7.32. The number of aromatic nitrogens is 1. The van der Waals surface area contributed by atoms with Crippen LogP contribution in [0.5, 0.6) is 0 Å². The maximum atomic E-state index is 12.2. The lowest BCUT2D eigenvalue weighted by Crippen LogP contribution is -2.36. The van der Waals surface area contributed by atoms with E-state index in [2.05, 4.69) is 24.1 Å². The molecule has 0 saturated heterocycles. The minimum Gasteiger partial charge on any atom is -0.351 e. The number of hydrogen-bond donors (Lipinski definition) is 1. The number of hydrogen-bond acceptors (Lipinski definition) is 4. The van der Waals surface area contributed by atoms with Gasteiger partial charge in [-0.1, -0.05) is 26.7 Å². The minimum atomic E-state index is -0.552. The molecule has 0 bridgehead atoms. The van der Waals surface area contributed by atoms with Gasteiger partial charge in [-0.15, -0.1) is 22.9 Å². The molecule has 1 heterocycles. The van der Waals surface area contributed by atoms with Gasteiger partial charge < -0.3 is 10.2 Å². The number of unbranched alkanes of at least 4 members (excludes halogenated alkanes) is 2. The third-order valence-corrected chi connectivity index (χ3v) is 4.38. The summed E-state index contributed by atoms with van der Waals surface area (Å²) in [5, 5.41) is 4.79. The third kappa shape index (κ3) is 6.87. The van der Waals surface area contributed by atoms with Crippen LogP contribution in [0.1, 0.15) is 62.0 Å². The lowest BCUT2D eigenvalue weighted by atomic mass is 10.3. The predicted octanol–water partition coefficient (Wildman–Crippen LogP) is 3.43. The van der Waals surface area contributed by atoms with Crippen molar-refractivity contribution in [1.82, 2.24) is 15.2 Å². The van der Waals surface area contributed by atoms with Crippen LogP contribution in [0.25, 0.3) is 0 Å². The van der Waals surface area contributed by atoms with Gasteiger partial charge in [0.2, 0.25) is 5.91 Å². The summed E-state index contributed by atoms with van der Waals surface area (Å²) < 4.78 is 0. The second-order valence-corrected chi connectivity index (χ2v) is 7.06. The Balaban J connectivity index is 2.66. The topological polar surface area (TPSA) is 62.3 Å². The van der Waals surface area contributed by atoms with Gasteiger partial charge in [0.05, 0.1) is 6.54 Å². The van der Waals surface area contributed by atoms with Crippen LogP contribution >= 0.6 is 22.9 Å². The molecule has 5 nitrogen and oxygen atoms in total. The van der Waals surface area contributed by atoms with Crippen molar-refractivity contribution in [3.8, 4) is 0 Å². The number of alkyl halides is 1. The fourth-order valence-corrected chi connectivity index (χ4v) is 2.91. The molecule has 0 spiro atoms. The van der Waals surface area contributed by atoms with Gasteiger partial charge in [0.1, 0.15) is 16.1 Å². The van der Waals surface area contributed by atoms with Crippen LogP contribution in [0.2, 0.25) is 0 Å². The largest absolute Gasteiger partial charge is 0.351 e. The lowest BCUT2D eigenvalue weighted by Gasteiger charge is -2.22. The van der Waals surface area contributed by atoms with E-state index in [1.165, 1.54) is 11.3 Å². The number of thiazole rings is 1. The van der Waals surface area contributed by atoms with Crippen molar-refractivity contribution in [3.05, 3.63) is 16.1 Å². The van der Waals surface area contributed by atoms with E-state index in [1.54, 1.807) is 17.2 Å². The van der Waals surface area contributed by atoms with Gasteiger partial charge in [-0.3, -0.25) is 9.59 Å². The minimum absolute atomic E-state index is 0.0933. The van der Waals surface area contributed by atoms with E-state index in [4.69, 9.17) is 11.6 Å². The number of carbonyl (C=O) groups excluding carboxylic acids is 2. The van der Waals surface area contributed by atoms with Crippen molar-refractivity contribution in [2.45, 2.75) is 58.4 Å². The summed E-state index contributed by atoms with van der Waals surface area (Å²) in [5.74, 6) is -0.248. The van der Waals surface area contributed by atoms with Crippen molar-refractivity contribution in [2.75, 3.05) is 13.1 Å². The van der Waals surface area contributed by atoms with Crippen LogP contribution in [0.3, 0.4) is 0 Å². The van der Waals surface area contributed by atoms with Crippen LogP contribution in [0.4, 0.5) is 0 Å². The van der Waals surface area contributed by atoms with Gasteiger partial charge in [-0.25, -0.2) is 4.98 Å². The number of nitrogens with zero attached hydrogens (tertiary/aromatic N) is 2. The summed E-state index contributed by atoms with van der Waals surface area (Å²) in [6.45, 7) is 7.55. The van der Waals surface area contributed by atoms with Gasteiger partial charge in [-0.05, 0) is 19.8 Å². The van der Waals surface area contributed by atoms with Gasteiger partial charge in [-0.2, -0.15) is 0 Å². The zero-order chi connectivity index (χ0) is 17.2. The first-order chi connectivity index (χ1) is 11.0. The molecule has 0 aromatic carbocycles. The average molecular weight is 360 g/mol. The molecular weight excluding hydrogens is 334 g/mol. The van der Waals surface area contributed by atoms with E-state index in [0.717, 1.165) is 30.7 Å². The smallest absolute Gasteiger partial charge is 0.270 e. The van der Waals surface area contributed by atoms with Crippen molar-refractivity contribution in [1.29, 1.82) is 0 Å². The molecule has 7 heteroatoms. The van der Waals surface area contributed by atoms with Gasteiger partial charge in [0.25, 0.3) is 5.91 Å². The van der Waals surface area contributed by atoms with E-state index in [9.17, 15) is 9.59 Å². The van der Waals surface area contributed by atoms with Crippen molar-refractivity contribution >= 4 is 34.8 Å². The molecule has 23 heavy (non-hydrogen) atoms. The lowest BCUT2D eigenvalue weighted by molar-refractivity contribution is -0.131. The van der Waals surface area contributed by atoms with E-state index >= 15 is 0 Å². The van der Waals surface area contributed by atoms with Crippen molar-refractivity contribution in [2.24, 2.45) is 0 Å². The third-order valence-electron chi connectivity index (χ3n) is 3.36. The van der Waals surface area contributed by atoms with E-state index in [1.807, 2.05) is 0 Å². The van der Waals surface area contributed by atoms with Gasteiger partial charge >= 0.3 is 0 Å². The molecule has 1 rings (SSSR count). The average Bonchev–Trinajstić information content (AvgIpc) is 2.99. The maximum absolute atomic E-state index is 12.2. The molecule has 0 aliphatic rings.